The van der Waals surface area contributed by atoms with E-state index in [9.17, 15) is 18.0 Å². The van der Waals surface area contributed by atoms with Crippen LogP contribution in [0.4, 0.5) is 0 Å². The van der Waals surface area contributed by atoms with Crippen molar-refractivity contribution in [2.24, 2.45) is 0 Å². The molecule has 0 heterocycles. The van der Waals surface area contributed by atoms with Gasteiger partial charge in [-0.25, -0.2) is 8.42 Å². The molecule has 20 heavy (non-hydrogen) atoms. The van der Waals surface area contributed by atoms with E-state index in [0.717, 1.165) is 6.26 Å². The van der Waals surface area contributed by atoms with Gasteiger partial charge in [-0.15, -0.1) is 0 Å². The number of nitrogens with one attached hydrogen (secondary N) is 2. The molecule has 0 aromatic heterocycles. The van der Waals surface area contributed by atoms with E-state index >= 15 is 0 Å². The molecule has 0 radical (unpaired) electrons. The van der Waals surface area contributed by atoms with Crippen LogP contribution in [-0.4, -0.2) is 26.5 Å². The highest BCUT2D eigenvalue weighted by molar-refractivity contribution is 7.89. The van der Waals surface area contributed by atoms with Gasteiger partial charge in [0.2, 0.25) is 21.8 Å². The molecule has 6 nitrogen and oxygen atoms in total. The van der Waals surface area contributed by atoms with Crippen LogP contribution in [-0.2, 0) is 19.6 Å². The van der Waals surface area contributed by atoms with Crippen LogP contribution >= 0.6 is 11.6 Å². The molecular formula is C12H15ClN2O4S. The van der Waals surface area contributed by atoms with Gasteiger partial charge in [-0.3, -0.25) is 14.3 Å². The highest BCUT2D eigenvalue weighted by Crippen LogP contribution is 2.19. The number of sulfonamides is 1. The molecule has 0 saturated carbocycles. The molecule has 1 unspecified atom stereocenters. The number of carbonyl (C=O) groups is 2. The number of carbonyl (C=O) groups excluding carboxylic acids is 2. The summed E-state index contributed by atoms with van der Waals surface area (Å²) in [5.74, 6) is -1.02. The number of benzene rings is 1. The van der Waals surface area contributed by atoms with Gasteiger partial charge in [-0.1, -0.05) is 23.7 Å². The molecule has 0 saturated heterocycles. The summed E-state index contributed by atoms with van der Waals surface area (Å²) in [7, 11) is -3.62. The monoisotopic (exact) mass is 318 g/mol. The lowest BCUT2D eigenvalue weighted by molar-refractivity contribution is -0.121. The number of hydrogen-bond acceptors (Lipinski definition) is 4. The summed E-state index contributed by atoms with van der Waals surface area (Å²) in [6.45, 7) is 1.32. The van der Waals surface area contributed by atoms with Crippen LogP contribution in [0, 0.1) is 0 Å². The lowest BCUT2D eigenvalue weighted by Gasteiger charge is -2.17. The maximum absolute atomic E-state index is 11.6. The Morgan fingerprint density at radius 2 is 1.80 bits per heavy atom. The van der Waals surface area contributed by atoms with Crippen molar-refractivity contribution in [1.29, 1.82) is 0 Å². The van der Waals surface area contributed by atoms with Crippen molar-refractivity contribution in [2.45, 2.75) is 19.4 Å². The second kappa shape index (κ2) is 6.71. The average molecular weight is 319 g/mol. The fourth-order valence-corrected chi connectivity index (χ4v) is 2.25. The zero-order valence-corrected chi connectivity index (χ0v) is 12.6. The van der Waals surface area contributed by atoms with E-state index in [4.69, 9.17) is 11.6 Å². The van der Waals surface area contributed by atoms with Gasteiger partial charge in [-0.05, 0) is 17.7 Å². The summed E-state index contributed by atoms with van der Waals surface area (Å²) in [4.78, 5) is 22.8. The summed E-state index contributed by atoms with van der Waals surface area (Å²) < 4.78 is 23.8. The fraction of sp³-hybridized carbons (Fsp3) is 0.333. The van der Waals surface area contributed by atoms with E-state index in [1.807, 2.05) is 4.72 Å². The highest BCUT2D eigenvalue weighted by atomic mass is 35.5. The summed E-state index contributed by atoms with van der Waals surface area (Å²) in [5, 5.41) is 3.12. The second-order valence-corrected chi connectivity index (χ2v) is 6.49. The van der Waals surface area contributed by atoms with E-state index in [0.29, 0.717) is 10.6 Å². The van der Waals surface area contributed by atoms with Crippen LogP contribution in [0.25, 0.3) is 0 Å². The van der Waals surface area contributed by atoms with Gasteiger partial charge in [0.1, 0.15) is 0 Å². The molecule has 1 aromatic rings. The Kier molecular flexibility index (Phi) is 5.52. The Morgan fingerprint density at radius 1 is 1.25 bits per heavy atom. The Bertz CT molecular complexity index is 598. The van der Waals surface area contributed by atoms with E-state index in [1.54, 1.807) is 24.3 Å². The topological polar surface area (TPSA) is 92.3 Å². The third kappa shape index (κ3) is 6.03. The first kappa shape index (κ1) is 16.5. The minimum Gasteiger partial charge on any atom is -0.349 e. The Labute approximate surface area is 122 Å². The van der Waals surface area contributed by atoms with Crippen molar-refractivity contribution in [3.8, 4) is 0 Å². The first-order chi connectivity index (χ1) is 9.17. The summed E-state index contributed by atoms with van der Waals surface area (Å²) >= 11 is 5.77. The molecular weight excluding hydrogens is 304 g/mol. The molecule has 0 aliphatic carbocycles. The van der Waals surface area contributed by atoms with Crippen molar-refractivity contribution >= 4 is 33.4 Å². The molecule has 2 amide bonds. The van der Waals surface area contributed by atoms with Crippen molar-refractivity contribution < 1.29 is 18.0 Å². The molecule has 2 N–H and O–H groups in total. The van der Waals surface area contributed by atoms with Gasteiger partial charge in [0.15, 0.2) is 0 Å². The van der Waals surface area contributed by atoms with Gasteiger partial charge in [0.05, 0.1) is 18.7 Å². The molecule has 110 valence electrons. The third-order valence-corrected chi connectivity index (χ3v) is 3.19. The minimum atomic E-state index is -3.62. The normalized spacial score (nSPS) is 12.6. The molecule has 1 aromatic carbocycles. The first-order valence-corrected chi connectivity index (χ1v) is 7.97. The summed E-state index contributed by atoms with van der Waals surface area (Å²) in [6, 6.07) is 5.96. The van der Waals surface area contributed by atoms with Gasteiger partial charge in [-0.2, -0.15) is 0 Å². The zero-order valence-electron chi connectivity index (χ0n) is 11.0. The largest absolute Gasteiger partial charge is 0.349 e. The smallest absolute Gasteiger partial charge is 0.235 e. The van der Waals surface area contributed by atoms with Crippen molar-refractivity contribution in [2.75, 3.05) is 6.26 Å². The summed E-state index contributed by atoms with van der Waals surface area (Å²) in [5.41, 5.74) is 0.660. The number of hydrogen-bond donors (Lipinski definition) is 2. The van der Waals surface area contributed by atoms with Crippen LogP contribution in [0.5, 0.6) is 0 Å². The minimum absolute atomic E-state index is 0.186. The van der Waals surface area contributed by atoms with E-state index in [1.165, 1.54) is 6.92 Å². The van der Waals surface area contributed by atoms with Gasteiger partial charge in [0, 0.05) is 11.9 Å². The van der Waals surface area contributed by atoms with Crippen LogP contribution in [0.15, 0.2) is 24.3 Å². The van der Waals surface area contributed by atoms with Crippen molar-refractivity contribution in [1.82, 2.24) is 10.0 Å². The van der Waals surface area contributed by atoms with Gasteiger partial charge in [0.25, 0.3) is 0 Å². The van der Waals surface area contributed by atoms with Gasteiger partial charge < -0.3 is 5.32 Å². The maximum atomic E-state index is 11.6. The van der Waals surface area contributed by atoms with E-state index < -0.39 is 22.0 Å². The first-order valence-electron chi connectivity index (χ1n) is 5.70. The molecule has 0 aliphatic rings. The Morgan fingerprint density at radius 3 is 2.25 bits per heavy atom. The van der Waals surface area contributed by atoms with E-state index in [-0.39, 0.29) is 12.3 Å². The lowest BCUT2D eigenvalue weighted by atomic mass is 10.0. The second-order valence-electron chi connectivity index (χ2n) is 4.31. The quantitative estimate of drug-likeness (QED) is 0.846. The Balaban J connectivity index is 2.87. The van der Waals surface area contributed by atoms with Crippen LogP contribution in [0.2, 0.25) is 5.02 Å². The molecule has 8 heteroatoms. The molecule has 0 bridgehead atoms. The van der Waals surface area contributed by atoms with Crippen LogP contribution in [0.3, 0.4) is 0 Å². The summed E-state index contributed by atoms with van der Waals surface area (Å²) in [6.07, 6.45) is 0.703. The van der Waals surface area contributed by atoms with Gasteiger partial charge >= 0.3 is 0 Å². The predicted octanol–water partition coefficient (Wildman–Crippen LogP) is 0.983. The third-order valence-electron chi connectivity index (χ3n) is 2.34. The number of halogens is 1. The van der Waals surface area contributed by atoms with Crippen LogP contribution < -0.4 is 10.0 Å². The Hall–Kier alpha value is -1.60. The molecule has 1 atom stereocenters. The standard InChI is InChI=1S/C12H15ClN2O4S/c1-8(16)14-11(7-12(17)15-20(2,18)19)9-3-5-10(13)6-4-9/h3-6,11H,7H2,1-2H3,(H,14,16)(H,15,17). The molecule has 0 spiro atoms. The van der Waals surface area contributed by atoms with E-state index in [2.05, 4.69) is 5.32 Å². The number of rotatable bonds is 5. The fourth-order valence-electron chi connectivity index (χ4n) is 1.63. The lowest BCUT2D eigenvalue weighted by Crippen LogP contribution is -2.35. The molecule has 1 rings (SSSR count). The zero-order chi connectivity index (χ0) is 15.3. The predicted molar refractivity (Wildman–Crippen MR) is 75.6 cm³/mol. The number of amides is 2. The average Bonchev–Trinajstić information content (AvgIpc) is 2.25. The SMILES string of the molecule is CC(=O)NC(CC(=O)NS(C)(=O)=O)c1ccc(Cl)cc1. The highest BCUT2D eigenvalue weighted by Gasteiger charge is 2.19. The van der Waals surface area contributed by atoms with Crippen molar-refractivity contribution in [3.63, 3.8) is 0 Å². The molecule has 0 fully saturated rings. The van der Waals surface area contributed by atoms with Crippen LogP contribution in [0.1, 0.15) is 24.9 Å². The van der Waals surface area contributed by atoms with Crippen molar-refractivity contribution in [3.05, 3.63) is 34.9 Å². The maximum Gasteiger partial charge on any atom is 0.235 e. The molecule has 0 aliphatic heterocycles.